The summed E-state index contributed by atoms with van der Waals surface area (Å²) in [7, 11) is -3.93. The first-order valence-corrected chi connectivity index (χ1v) is 12.9. The van der Waals surface area contributed by atoms with Gasteiger partial charge in [0.15, 0.2) is 0 Å². The maximum Gasteiger partial charge on any atom is 0.340 e. The number of esters is 1. The molecule has 0 amide bonds. The van der Waals surface area contributed by atoms with Crippen LogP contribution in [-0.4, -0.2) is 20.4 Å². The monoisotopic (exact) mass is 505 g/mol. The second-order valence-electron chi connectivity index (χ2n) is 8.87. The first-order chi connectivity index (χ1) is 17.0. The van der Waals surface area contributed by atoms with E-state index >= 15 is 0 Å². The SMILES string of the molecule is Cc1ccc(S(=O)(=O)N[C@@H](C)C(=O)Oc2cc(C)cc3oc(=O)c(Cc4ccccc4)c(C)c23)cc1. The van der Waals surface area contributed by atoms with Gasteiger partial charge in [-0.3, -0.25) is 0 Å². The van der Waals surface area contributed by atoms with Crippen molar-refractivity contribution in [2.45, 2.75) is 45.1 Å². The van der Waals surface area contributed by atoms with E-state index in [1.807, 2.05) is 37.3 Å². The van der Waals surface area contributed by atoms with E-state index in [0.29, 0.717) is 28.5 Å². The highest BCUT2D eigenvalue weighted by Gasteiger charge is 2.25. The van der Waals surface area contributed by atoms with Gasteiger partial charge in [0.05, 0.1) is 10.3 Å². The Kier molecular flexibility index (Phi) is 7.10. The fraction of sp³-hybridized carbons (Fsp3) is 0.214. The number of ether oxygens (including phenoxy) is 1. The molecule has 1 N–H and O–H groups in total. The summed E-state index contributed by atoms with van der Waals surface area (Å²) in [5, 5.41) is 0.494. The van der Waals surface area contributed by atoms with Crippen molar-refractivity contribution in [1.82, 2.24) is 4.72 Å². The number of hydrogen-bond donors (Lipinski definition) is 1. The summed E-state index contributed by atoms with van der Waals surface area (Å²) in [6.07, 6.45) is 0.360. The van der Waals surface area contributed by atoms with Gasteiger partial charge in [-0.25, -0.2) is 18.0 Å². The summed E-state index contributed by atoms with van der Waals surface area (Å²) in [6, 6.07) is 18.0. The zero-order valence-corrected chi connectivity index (χ0v) is 21.3. The predicted octanol–water partition coefficient (Wildman–Crippen LogP) is 4.58. The van der Waals surface area contributed by atoms with E-state index in [1.54, 1.807) is 38.1 Å². The number of rotatable bonds is 7. The number of aryl methyl sites for hydroxylation is 3. The molecule has 7 nitrogen and oxygen atoms in total. The van der Waals surface area contributed by atoms with Gasteiger partial charge in [0, 0.05) is 12.0 Å². The molecule has 0 aliphatic carbocycles. The van der Waals surface area contributed by atoms with Crippen LogP contribution in [0.25, 0.3) is 11.0 Å². The zero-order chi connectivity index (χ0) is 26.0. The molecule has 0 fully saturated rings. The third kappa shape index (κ3) is 5.40. The summed E-state index contributed by atoms with van der Waals surface area (Å²) in [5.74, 6) is -0.584. The largest absolute Gasteiger partial charge is 0.425 e. The summed E-state index contributed by atoms with van der Waals surface area (Å²) in [4.78, 5) is 25.8. The summed E-state index contributed by atoms with van der Waals surface area (Å²) >= 11 is 0. The Balaban J connectivity index is 1.66. The Morgan fingerprint density at radius 2 is 1.64 bits per heavy atom. The fourth-order valence-corrected chi connectivity index (χ4v) is 5.18. The predicted molar refractivity (Wildman–Crippen MR) is 138 cm³/mol. The van der Waals surface area contributed by atoms with Crippen molar-refractivity contribution in [3.05, 3.63) is 105 Å². The van der Waals surface area contributed by atoms with Crippen LogP contribution in [0.4, 0.5) is 0 Å². The fourth-order valence-electron chi connectivity index (χ4n) is 3.98. The molecule has 0 saturated heterocycles. The molecule has 0 bridgehead atoms. The Labute approximate surface area is 209 Å². The van der Waals surface area contributed by atoms with E-state index in [4.69, 9.17) is 9.15 Å². The van der Waals surface area contributed by atoms with Crippen LogP contribution in [0.15, 0.2) is 80.8 Å². The van der Waals surface area contributed by atoms with Gasteiger partial charge in [0.1, 0.15) is 17.4 Å². The molecule has 3 aromatic carbocycles. The van der Waals surface area contributed by atoms with E-state index in [0.717, 1.165) is 16.7 Å². The van der Waals surface area contributed by atoms with Gasteiger partial charge in [-0.05, 0) is 68.7 Å². The number of nitrogens with one attached hydrogen (secondary N) is 1. The highest BCUT2D eigenvalue weighted by Crippen LogP contribution is 2.32. The third-order valence-electron chi connectivity index (χ3n) is 5.94. The highest BCUT2D eigenvalue weighted by atomic mass is 32.2. The number of carbonyl (C=O) groups is 1. The highest BCUT2D eigenvalue weighted by molar-refractivity contribution is 7.89. The van der Waals surface area contributed by atoms with Crippen LogP contribution in [-0.2, 0) is 21.2 Å². The third-order valence-corrected chi connectivity index (χ3v) is 7.49. The van der Waals surface area contributed by atoms with Crippen molar-refractivity contribution in [2.24, 2.45) is 0 Å². The van der Waals surface area contributed by atoms with Crippen molar-refractivity contribution < 1.29 is 22.4 Å². The molecule has 8 heteroatoms. The van der Waals surface area contributed by atoms with Gasteiger partial charge in [0.2, 0.25) is 10.0 Å². The minimum absolute atomic E-state index is 0.0527. The van der Waals surface area contributed by atoms with E-state index in [2.05, 4.69) is 4.72 Å². The van der Waals surface area contributed by atoms with E-state index < -0.39 is 27.7 Å². The number of carbonyl (C=O) groups excluding carboxylic acids is 1. The Hall–Kier alpha value is -3.75. The Morgan fingerprint density at radius 1 is 0.972 bits per heavy atom. The average Bonchev–Trinajstić information content (AvgIpc) is 2.82. The van der Waals surface area contributed by atoms with Crippen molar-refractivity contribution in [1.29, 1.82) is 0 Å². The summed E-state index contributed by atoms with van der Waals surface area (Å²) in [6.45, 7) is 6.84. The lowest BCUT2D eigenvalue weighted by atomic mass is 9.98. The maximum absolute atomic E-state index is 12.9. The molecule has 0 aliphatic rings. The Morgan fingerprint density at radius 3 is 2.31 bits per heavy atom. The molecule has 1 heterocycles. The second-order valence-corrected chi connectivity index (χ2v) is 10.6. The van der Waals surface area contributed by atoms with Crippen LogP contribution >= 0.6 is 0 Å². The molecule has 1 aromatic heterocycles. The Bertz CT molecular complexity index is 1590. The average molecular weight is 506 g/mol. The van der Waals surface area contributed by atoms with E-state index in [-0.39, 0.29) is 10.6 Å². The smallest absolute Gasteiger partial charge is 0.340 e. The van der Waals surface area contributed by atoms with Crippen LogP contribution in [0, 0.1) is 20.8 Å². The molecule has 4 aromatic rings. The molecule has 4 rings (SSSR count). The normalized spacial score (nSPS) is 12.4. The van der Waals surface area contributed by atoms with Crippen LogP contribution < -0.4 is 15.1 Å². The molecule has 36 heavy (non-hydrogen) atoms. The lowest BCUT2D eigenvalue weighted by Crippen LogP contribution is -2.40. The minimum Gasteiger partial charge on any atom is -0.425 e. The molecule has 186 valence electrons. The molecule has 1 atom stereocenters. The minimum atomic E-state index is -3.93. The number of benzene rings is 3. The topological polar surface area (TPSA) is 103 Å². The van der Waals surface area contributed by atoms with Crippen LogP contribution in [0.2, 0.25) is 0 Å². The van der Waals surface area contributed by atoms with Gasteiger partial charge >= 0.3 is 11.6 Å². The summed E-state index contributed by atoms with van der Waals surface area (Å²) in [5.41, 5.74) is 3.52. The molecule has 0 spiro atoms. The molecule has 0 aliphatic heterocycles. The van der Waals surface area contributed by atoms with Gasteiger partial charge in [-0.15, -0.1) is 0 Å². The lowest BCUT2D eigenvalue weighted by Gasteiger charge is -2.16. The van der Waals surface area contributed by atoms with Crippen molar-refractivity contribution in [3.63, 3.8) is 0 Å². The van der Waals surface area contributed by atoms with E-state index in [1.165, 1.54) is 19.1 Å². The van der Waals surface area contributed by atoms with Crippen LogP contribution in [0.1, 0.15) is 34.7 Å². The van der Waals surface area contributed by atoms with Crippen LogP contribution in [0.5, 0.6) is 5.75 Å². The lowest BCUT2D eigenvalue weighted by molar-refractivity contribution is -0.135. The van der Waals surface area contributed by atoms with Crippen molar-refractivity contribution in [2.75, 3.05) is 0 Å². The summed E-state index contributed by atoms with van der Waals surface area (Å²) < 4.78 is 39.1. The molecular formula is C28H27NO6S. The van der Waals surface area contributed by atoms with Gasteiger partial charge in [-0.2, -0.15) is 4.72 Å². The van der Waals surface area contributed by atoms with Gasteiger partial charge < -0.3 is 9.15 Å². The number of hydrogen-bond acceptors (Lipinski definition) is 6. The standard InChI is InChI=1S/C28H27NO6S/c1-17-10-12-22(13-11-17)36(32,33)29-20(4)27(30)34-24-14-18(2)15-25-26(24)19(3)23(28(31)35-25)16-21-8-6-5-7-9-21/h5-15,20,29H,16H2,1-4H3/t20-/m0/s1. The molecule has 0 radical (unpaired) electrons. The van der Waals surface area contributed by atoms with E-state index in [9.17, 15) is 18.0 Å². The van der Waals surface area contributed by atoms with Gasteiger partial charge in [0.25, 0.3) is 0 Å². The second kappa shape index (κ2) is 10.1. The molecular weight excluding hydrogens is 478 g/mol. The quantitative estimate of drug-likeness (QED) is 0.224. The first kappa shape index (κ1) is 25.3. The van der Waals surface area contributed by atoms with Gasteiger partial charge in [-0.1, -0.05) is 48.0 Å². The van der Waals surface area contributed by atoms with Crippen LogP contribution in [0.3, 0.4) is 0 Å². The maximum atomic E-state index is 12.9. The van der Waals surface area contributed by atoms with Crippen molar-refractivity contribution >= 4 is 27.0 Å². The first-order valence-electron chi connectivity index (χ1n) is 11.5. The molecule has 0 saturated carbocycles. The zero-order valence-electron chi connectivity index (χ0n) is 20.5. The number of fused-ring (bicyclic) bond motifs is 1. The molecule has 0 unspecified atom stereocenters. The van der Waals surface area contributed by atoms with Crippen molar-refractivity contribution in [3.8, 4) is 5.75 Å². The number of sulfonamides is 1.